The van der Waals surface area contributed by atoms with Crippen LogP contribution in [0.3, 0.4) is 0 Å². The molecule has 1 unspecified atom stereocenters. The van der Waals surface area contributed by atoms with Gasteiger partial charge in [0.05, 0.1) is 6.04 Å². The second-order valence-corrected chi connectivity index (χ2v) is 6.62. The molecule has 1 saturated heterocycles. The second kappa shape index (κ2) is 10.0. The number of likely N-dealkylation sites (tertiary alicyclic amines) is 1. The lowest BCUT2D eigenvalue weighted by Gasteiger charge is -2.30. The topological polar surface area (TPSA) is 44.9 Å². The molecule has 124 valence electrons. The van der Waals surface area contributed by atoms with Gasteiger partial charge in [0.15, 0.2) is 5.96 Å². The molecule has 1 aliphatic heterocycles. The van der Waals surface area contributed by atoms with Crippen LogP contribution in [0.1, 0.15) is 59.3 Å². The van der Waals surface area contributed by atoms with Crippen LogP contribution in [0.25, 0.3) is 0 Å². The number of guanidine groups is 1. The predicted octanol–water partition coefficient (Wildman–Crippen LogP) is 2.93. The van der Waals surface area contributed by atoms with E-state index >= 15 is 0 Å². The summed E-state index contributed by atoms with van der Waals surface area (Å²) in [7, 11) is 2.23. The van der Waals surface area contributed by atoms with Crippen molar-refractivity contribution in [1.29, 1.82) is 0 Å². The third-order valence-electron chi connectivity index (χ3n) is 4.64. The first kappa shape index (κ1) is 18.3. The molecule has 1 aliphatic rings. The molecule has 4 nitrogen and oxygen atoms in total. The van der Waals surface area contributed by atoms with E-state index < -0.39 is 0 Å². The van der Waals surface area contributed by atoms with Crippen LogP contribution in [0.15, 0.2) is 4.99 Å². The van der Waals surface area contributed by atoms with Gasteiger partial charge >= 0.3 is 0 Å². The van der Waals surface area contributed by atoms with Gasteiger partial charge in [0.25, 0.3) is 0 Å². The fourth-order valence-corrected chi connectivity index (χ4v) is 2.93. The van der Waals surface area contributed by atoms with Crippen molar-refractivity contribution in [1.82, 2.24) is 9.80 Å². The first-order valence-electron chi connectivity index (χ1n) is 8.83. The largest absolute Gasteiger partial charge is 0.370 e. The highest BCUT2D eigenvalue weighted by atomic mass is 15.2. The Morgan fingerprint density at radius 2 is 1.95 bits per heavy atom. The van der Waals surface area contributed by atoms with Crippen molar-refractivity contribution in [3.8, 4) is 0 Å². The molecule has 0 saturated carbocycles. The smallest absolute Gasteiger partial charge is 0.191 e. The molecule has 0 aromatic rings. The monoisotopic (exact) mass is 296 g/mol. The van der Waals surface area contributed by atoms with E-state index in [1.54, 1.807) is 0 Å². The maximum Gasteiger partial charge on any atom is 0.191 e. The Bertz CT molecular complexity index is 295. The first-order valence-corrected chi connectivity index (χ1v) is 8.83. The molecule has 2 N–H and O–H groups in total. The lowest BCUT2D eigenvalue weighted by Crippen LogP contribution is -2.39. The van der Waals surface area contributed by atoms with Gasteiger partial charge in [0, 0.05) is 13.1 Å². The van der Waals surface area contributed by atoms with Crippen LogP contribution in [0.2, 0.25) is 0 Å². The van der Waals surface area contributed by atoms with E-state index in [4.69, 9.17) is 5.73 Å². The zero-order valence-corrected chi connectivity index (χ0v) is 14.6. The normalized spacial score (nSPS) is 19.7. The minimum atomic E-state index is 0.332. The summed E-state index contributed by atoms with van der Waals surface area (Å²) in [4.78, 5) is 9.32. The Morgan fingerprint density at radius 1 is 1.29 bits per heavy atom. The van der Waals surface area contributed by atoms with Crippen LogP contribution in [0.5, 0.6) is 0 Å². The second-order valence-electron chi connectivity index (χ2n) is 6.62. The van der Waals surface area contributed by atoms with E-state index in [9.17, 15) is 0 Å². The van der Waals surface area contributed by atoms with Gasteiger partial charge in [-0.15, -0.1) is 0 Å². The van der Waals surface area contributed by atoms with Gasteiger partial charge in [-0.1, -0.05) is 13.8 Å². The molecule has 1 heterocycles. The number of nitrogens with two attached hydrogens (primary N) is 1. The van der Waals surface area contributed by atoms with Gasteiger partial charge in [-0.25, -0.2) is 0 Å². The highest BCUT2D eigenvalue weighted by molar-refractivity contribution is 5.78. The molecule has 0 aliphatic carbocycles. The number of hydrogen-bond acceptors (Lipinski definition) is 2. The third kappa shape index (κ3) is 7.16. The summed E-state index contributed by atoms with van der Waals surface area (Å²) < 4.78 is 0. The Balaban J connectivity index is 2.35. The summed E-state index contributed by atoms with van der Waals surface area (Å²) in [5, 5.41) is 0. The van der Waals surface area contributed by atoms with Crippen LogP contribution < -0.4 is 5.73 Å². The van der Waals surface area contributed by atoms with Gasteiger partial charge in [0.1, 0.15) is 0 Å². The number of rotatable bonds is 8. The molecule has 0 aromatic heterocycles. The number of piperidine rings is 1. The molecule has 0 spiro atoms. The maximum absolute atomic E-state index is 6.19. The predicted molar refractivity (Wildman–Crippen MR) is 92.7 cm³/mol. The van der Waals surface area contributed by atoms with Crippen molar-refractivity contribution in [3.63, 3.8) is 0 Å². The molecule has 1 fully saturated rings. The Morgan fingerprint density at radius 3 is 2.52 bits per heavy atom. The fourth-order valence-electron chi connectivity index (χ4n) is 2.93. The molecule has 1 atom stereocenters. The zero-order chi connectivity index (χ0) is 15.7. The molecular weight excluding hydrogens is 260 g/mol. The van der Waals surface area contributed by atoms with Gasteiger partial charge in [-0.2, -0.15) is 0 Å². The lowest BCUT2D eigenvalue weighted by molar-refractivity contribution is 0.207. The van der Waals surface area contributed by atoms with Gasteiger partial charge in [-0.3, -0.25) is 4.99 Å². The highest BCUT2D eigenvalue weighted by Crippen LogP contribution is 2.21. The molecular formula is C17H36N4. The van der Waals surface area contributed by atoms with Crippen molar-refractivity contribution in [2.45, 2.75) is 65.3 Å². The van der Waals surface area contributed by atoms with Crippen molar-refractivity contribution in [2.24, 2.45) is 16.6 Å². The minimum absolute atomic E-state index is 0.332. The summed E-state index contributed by atoms with van der Waals surface area (Å²) in [5.41, 5.74) is 6.19. The van der Waals surface area contributed by atoms with Gasteiger partial charge in [0.2, 0.25) is 0 Å². The Labute approximate surface area is 131 Å². The average Bonchev–Trinajstić information content (AvgIpc) is 2.48. The van der Waals surface area contributed by atoms with E-state index in [2.05, 4.69) is 42.6 Å². The molecule has 0 amide bonds. The first-order chi connectivity index (χ1) is 10.1. The van der Waals surface area contributed by atoms with Gasteiger partial charge < -0.3 is 15.5 Å². The maximum atomic E-state index is 6.19. The van der Waals surface area contributed by atoms with Crippen LogP contribution >= 0.6 is 0 Å². The summed E-state index contributed by atoms with van der Waals surface area (Å²) in [6.45, 7) is 11.1. The van der Waals surface area contributed by atoms with Crippen LogP contribution in [-0.2, 0) is 0 Å². The van der Waals surface area contributed by atoms with Crippen LogP contribution in [-0.4, -0.2) is 55.0 Å². The van der Waals surface area contributed by atoms with Gasteiger partial charge in [-0.05, 0) is 71.5 Å². The Kier molecular flexibility index (Phi) is 8.74. The molecule has 21 heavy (non-hydrogen) atoms. The molecule has 0 bridgehead atoms. The quantitative estimate of drug-likeness (QED) is 0.553. The molecule has 0 radical (unpaired) electrons. The number of nitrogens with zero attached hydrogens (tertiary/aromatic N) is 3. The Hall–Kier alpha value is -0.770. The SMILES string of the molecule is CCCN(CCCC1CCN(C)CC1)C(N)=NC(C)CC. The van der Waals surface area contributed by atoms with E-state index in [0.717, 1.165) is 37.8 Å². The number of aliphatic imine (C=N–C) groups is 1. The summed E-state index contributed by atoms with van der Waals surface area (Å²) in [5.74, 6) is 1.66. The number of hydrogen-bond donors (Lipinski definition) is 1. The van der Waals surface area contributed by atoms with Crippen LogP contribution in [0.4, 0.5) is 0 Å². The van der Waals surface area contributed by atoms with Crippen molar-refractivity contribution >= 4 is 5.96 Å². The molecule has 0 aromatic carbocycles. The van der Waals surface area contributed by atoms with E-state index in [1.165, 1.54) is 38.8 Å². The van der Waals surface area contributed by atoms with E-state index in [0.29, 0.717) is 6.04 Å². The summed E-state index contributed by atoms with van der Waals surface area (Å²) in [6.07, 6.45) is 7.48. The fraction of sp³-hybridized carbons (Fsp3) is 0.941. The zero-order valence-electron chi connectivity index (χ0n) is 14.6. The third-order valence-corrected chi connectivity index (χ3v) is 4.64. The van der Waals surface area contributed by atoms with Crippen LogP contribution in [0, 0.1) is 5.92 Å². The molecule has 1 rings (SSSR count). The molecule has 4 heteroatoms. The van der Waals surface area contributed by atoms with Crippen molar-refractivity contribution in [2.75, 3.05) is 33.2 Å². The summed E-state index contributed by atoms with van der Waals surface area (Å²) >= 11 is 0. The minimum Gasteiger partial charge on any atom is -0.370 e. The van der Waals surface area contributed by atoms with E-state index in [-0.39, 0.29) is 0 Å². The van der Waals surface area contributed by atoms with Crippen molar-refractivity contribution < 1.29 is 0 Å². The highest BCUT2D eigenvalue weighted by Gasteiger charge is 2.17. The summed E-state index contributed by atoms with van der Waals surface area (Å²) in [6, 6.07) is 0.332. The lowest BCUT2D eigenvalue weighted by atomic mass is 9.92. The van der Waals surface area contributed by atoms with E-state index in [1.807, 2.05) is 0 Å². The standard InChI is InChI=1S/C17H36N4/c1-5-11-21(17(18)19-15(3)6-2)12-7-8-16-9-13-20(4)14-10-16/h15-16H,5-14H2,1-4H3,(H2,18,19). The average molecular weight is 297 g/mol. The van der Waals surface area contributed by atoms with Crippen molar-refractivity contribution in [3.05, 3.63) is 0 Å².